The van der Waals surface area contributed by atoms with Crippen molar-refractivity contribution in [2.75, 3.05) is 0 Å². The van der Waals surface area contributed by atoms with E-state index >= 15 is 0 Å². The maximum absolute atomic E-state index is 11.8. The van der Waals surface area contributed by atoms with Crippen LogP contribution in [-0.4, -0.2) is 11.0 Å². The summed E-state index contributed by atoms with van der Waals surface area (Å²) < 4.78 is 1.11. The van der Waals surface area contributed by atoms with Gasteiger partial charge in [0.15, 0.2) is 0 Å². The van der Waals surface area contributed by atoms with Gasteiger partial charge in [0.05, 0.1) is 5.25 Å². The first-order valence-corrected chi connectivity index (χ1v) is 6.92. The molecule has 1 aromatic rings. The molecule has 15 heavy (non-hydrogen) atoms. The van der Waals surface area contributed by atoms with E-state index in [2.05, 4.69) is 34.1 Å². The van der Waals surface area contributed by atoms with Crippen molar-refractivity contribution in [2.24, 2.45) is 0 Å². The van der Waals surface area contributed by atoms with Crippen LogP contribution in [0.2, 0.25) is 0 Å². The standard InChI is InChI=1S/C12H11BrOS/c13-7-4-5-8-9-2-1-3-10(14)12(9)15-11(8)6-7/h4-6,9,12H,1-3H2. The SMILES string of the molecule is O=C1CCCC2c3ccc(Br)cc3SC12. The molecule has 3 heteroatoms. The Morgan fingerprint density at radius 3 is 3.13 bits per heavy atom. The van der Waals surface area contributed by atoms with E-state index in [9.17, 15) is 4.79 Å². The number of Topliss-reactive ketones (excluding diaryl/α,β-unsaturated/α-hetero) is 1. The first kappa shape index (κ1) is 9.91. The molecule has 1 saturated carbocycles. The Morgan fingerprint density at radius 2 is 2.27 bits per heavy atom. The molecule has 0 spiro atoms. The summed E-state index contributed by atoms with van der Waals surface area (Å²) in [6.45, 7) is 0. The fourth-order valence-corrected chi connectivity index (χ4v) is 4.57. The summed E-state index contributed by atoms with van der Waals surface area (Å²) >= 11 is 5.24. The summed E-state index contributed by atoms with van der Waals surface area (Å²) in [6.07, 6.45) is 3.03. The number of ketones is 1. The Morgan fingerprint density at radius 1 is 1.40 bits per heavy atom. The average molecular weight is 283 g/mol. The third-order valence-electron chi connectivity index (χ3n) is 3.25. The number of hydrogen-bond donors (Lipinski definition) is 0. The normalized spacial score (nSPS) is 28.7. The largest absolute Gasteiger partial charge is 0.298 e. The van der Waals surface area contributed by atoms with Crippen LogP contribution in [0.25, 0.3) is 0 Å². The molecule has 1 aliphatic heterocycles. The van der Waals surface area contributed by atoms with Crippen molar-refractivity contribution in [1.82, 2.24) is 0 Å². The van der Waals surface area contributed by atoms with Crippen molar-refractivity contribution in [1.29, 1.82) is 0 Å². The van der Waals surface area contributed by atoms with Gasteiger partial charge in [-0.25, -0.2) is 0 Å². The van der Waals surface area contributed by atoms with Gasteiger partial charge in [-0.2, -0.15) is 0 Å². The number of fused-ring (bicyclic) bond motifs is 3. The summed E-state index contributed by atoms with van der Waals surface area (Å²) in [5.74, 6) is 0.933. The highest BCUT2D eigenvalue weighted by atomic mass is 79.9. The number of thioether (sulfide) groups is 1. The molecule has 0 saturated heterocycles. The van der Waals surface area contributed by atoms with E-state index in [1.807, 2.05) is 0 Å². The highest BCUT2D eigenvalue weighted by molar-refractivity contribution is 9.10. The van der Waals surface area contributed by atoms with E-state index in [1.54, 1.807) is 11.8 Å². The zero-order valence-electron chi connectivity index (χ0n) is 8.20. The number of hydrogen-bond acceptors (Lipinski definition) is 2. The van der Waals surface area contributed by atoms with Crippen LogP contribution in [0.1, 0.15) is 30.7 Å². The van der Waals surface area contributed by atoms with Crippen LogP contribution < -0.4 is 0 Å². The maximum atomic E-state index is 11.8. The van der Waals surface area contributed by atoms with Crippen LogP contribution in [0.15, 0.2) is 27.6 Å². The number of rotatable bonds is 0. The van der Waals surface area contributed by atoms with Crippen LogP contribution in [0.3, 0.4) is 0 Å². The Kier molecular flexibility index (Phi) is 2.40. The predicted octanol–water partition coefficient (Wildman–Crippen LogP) is 3.76. The third kappa shape index (κ3) is 1.56. The molecule has 0 aromatic heterocycles. The van der Waals surface area contributed by atoms with E-state index in [1.165, 1.54) is 16.9 Å². The number of carbonyl (C=O) groups is 1. The van der Waals surface area contributed by atoms with Crippen LogP contribution in [0.4, 0.5) is 0 Å². The molecule has 0 amide bonds. The number of benzene rings is 1. The van der Waals surface area contributed by atoms with E-state index < -0.39 is 0 Å². The molecule has 0 bridgehead atoms. The summed E-state index contributed by atoms with van der Waals surface area (Å²) in [7, 11) is 0. The highest BCUT2D eigenvalue weighted by Gasteiger charge is 2.39. The van der Waals surface area contributed by atoms with Crippen molar-refractivity contribution in [3.8, 4) is 0 Å². The number of halogens is 1. The van der Waals surface area contributed by atoms with E-state index in [-0.39, 0.29) is 5.25 Å². The first-order chi connectivity index (χ1) is 7.25. The van der Waals surface area contributed by atoms with Gasteiger partial charge in [0.2, 0.25) is 0 Å². The molecule has 2 unspecified atom stereocenters. The fraction of sp³-hybridized carbons (Fsp3) is 0.417. The summed E-state index contributed by atoms with van der Waals surface area (Å²) in [5.41, 5.74) is 1.39. The molecule has 78 valence electrons. The van der Waals surface area contributed by atoms with Crippen LogP contribution in [0.5, 0.6) is 0 Å². The first-order valence-electron chi connectivity index (χ1n) is 5.24. The minimum absolute atomic E-state index is 0.211. The van der Waals surface area contributed by atoms with Crippen LogP contribution in [-0.2, 0) is 4.79 Å². The monoisotopic (exact) mass is 282 g/mol. The minimum atomic E-state index is 0.211. The van der Waals surface area contributed by atoms with Gasteiger partial charge in [-0.05, 0) is 30.5 Å². The fourth-order valence-electron chi connectivity index (χ4n) is 2.53. The molecule has 1 aromatic carbocycles. The van der Waals surface area contributed by atoms with Crippen molar-refractivity contribution in [3.05, 3.63) is 28.2 Å². The lowest BCUT2D eigenvalue weighted by Crippen LogP contribution is -2.25. The predicted molar refractivity (Wildman–Crippen MR) is 65.4 cm³/mol. The van der Waals surface area contributed by atoms with E-state index in [4.69, 9.17) is 0 Å². The Balaban J connectivity index is 2.04. The van der Waals surface area contributed by atoms with E-state index in [0.717, 1.165) is 17.3 Å². The molecule has 1 aliphatic carbocycles. The van der Waals surface area contributed by atoms with Crippen molar-refractivity contribution < 1.29 is 4.79 Å². The van der Waals surface area contributed by atoms with Gasteiger partial charge >= 0.3 is 0 Å². The maximum Gasteiger partial charge on any atom is 0.146 e. The second-order valence-corrected chi connectivity index (χ2v) is 6.28. The molecule has 0 N–H and O–H groups in total. The molecule has 1 heterocycles. The molecule has 2 aliphatic rings. The molecule has 0 radical (unpaired) electrons. The van der Waals surface area contributed by atoms with Crippen molar-refractivity contribution in [2.45, 2.75) is 35.3 Å². The quantitative estimate of drug-likeness (QED) is 0.721. The summed E-state index contributed by atoms with van der Waals surface area (Å²) in [4.78, 5) is 13.1. The summed E-state index contributed by atoms with van der Waals surface area (Å²) in [5, 5.41) is 0.211. The van der Waals surface area contributed by atoms with Gasteiger partial charge in [0.1, 0.15) is 5.78 Å². The lowest BCUT2D eigenvalue weighted by molar-refractivity contribution is -0.120. The minimum Gasteiger partial charge on any atom is -0.298 e. The van der Waals surface area contributed by atoms with Gasteiger partial charge in [-0.1, -0.05) is 22.0 Å². The third-order valence-corrected chi connectivity index (χ3v) is 5.20. The molecule has 1 fully saturated rings. The zero-order chi connectivity index (χ0) is 10.4. The summed E-state index contributed by atoms with van der Waals surface area (Å²) in [6, 6.07) is 6.40. The number of carbonyl (C=O) groups excluding carboxylic acids is 1. The van der Waals surface area contributed by atoms with Crippen molar-refractivity contribution >= 4 is 33.5 Å². The van der Waals surface area contributed by atoms with Gasteiger partial charge in [0, 0.05) is 21.7 Å². The van der Waals surface area contributed by atoms with Gasteiger partial charge in [-0.3, -0.25) is 4.79 Å². The molecule has 2 atom stereocenters. The zero-order valence-corrected chi connectivity index (χ0v) is 10.6. The highest BCUT2D eigenvalue weighted by Crippen LogP contribution is 2.51. The topological polar surface area (TPSA) is 17.1 Å². The second-order valence-electron chi connectivity index (χ2n) is 4.19. The molecule has 3 rings (SSSR count). The molecule has 1 nitrogen and oxygen atoms in total. The van der Waals surface area contributed by atoms with Gasteiger partial charge in [-0.15, -0.1) is 11.8 Å². The van der Waals surface area contributed by atoms with Gasteiger partial charge in [0.25, 0.3) is 0 Å². The van der Waals surface area contributed by atoms with Crippen molar-refractivity contribution in [3.63, 3.8) is 0 Å². The second kappa shape index (κ2) is 3.63. The van der Waals surface area contributed by atoms with Gasteiger partial charge < -0.3 is 0 Å². The Bertz CT molecular complexity index is 430. The Hall–Kier alpha value is -0.280. The molecular weight excluding hydrogens is 272 g/mol. The van der Waals surface area contributed by atoms with Crippen LogP contribution in [0, 0.1) is 0 Å². The lowest BCUT2D eigenvalue weighted by atomic mass is 9.83. The smallest absolute Gasteiger partial charge is 0.146 e. The van der Waals surface area contributed by atoms with E-state index in [0.29, 0.717) is 11.7 Å². The Labute approximate surface area is 102 Å². The molecular formula is C12H11BrOS. The van der Waals surface area contributed by atoms with Crippen LogP contribution >= 0.6 is 27.7 Å². The lowest BCUT2D eigenvalue weighted by Gasteiger charge is -2.23. The average Bonchev–Trinajstić information content (AvgIpc) is 2.57.